The Bertz CT molecular complexity index is 371. The van der Waals surface area contributed by atoms with Gasteiger partial charge >= 0.3 is 6.61 Å². The van der Waals surface area contributed by atoms with Crippen molar-refractivity contribution in [1.82, 2.24) is 10.6 Å². The average Bonchev–Trinajstić information content (AvgIpc) is 2.72. The van der Waals surface area contributed by atoms with Crippen LogP contribution in [0.4, 0.5) is 8.78 Å². The van der Waals surface area contributed by atoms with Gasteiger partial charge in [0.1, 0.15) is 10.6 Å². The summed E-state index contributed by atoms with van der Waals surface area (Å²) in [5, 5.41) is 7.12. The van der Waals surface area contributed by atoms with Crippen LogP contribution in [0.2, 0.25) is 0 Å². The third kappa shape index (κ3) is 4.27. The first-order valence-electron chi connectivity index (χ1n) is 5.02. The highest BCUT2D eigenvalue weighted by Crippen LogP contribution is 2.26. The van der Waals surface area contributed by atoms with Crippen LogP contribution in [0.3, 0.4) is 0 Å². The van der Waals surface area contributed by atoms with Crippen molar-refractivity contribution >= 4 is 17.2 Å². The third-order valence-corrected chi connectivity index (χ3v) is 3.01. The van der Waals surface area contributed by atoms with E-state index in [1.54, 1.807) is 7.05 Å². The van der Waals surface area contributed by atoms with Crippen molar-refractivity contribution in [3.05, 3.63) is 16.3 Å². The van der Waals surface area contributed by atoms with Gasteiger partial charge < -0.3 is 15.4 Å². The maximum Gasteiger partial charge on any atom is 0.387 e. The van der Waals surface area contributed by atoms with Crippen LogP contribution in [0.15, 0.2) is 11.4 Å². The van der Waals surface area contributed by atoms with Gasteiger partial charge in [-0.05, 0) is 25.4 Å². The Labute approximate surface area is 102 Å². The molecule has 0 aliphatic heterocycles. The first-order chi connectivity index (χ1) is 8.04. The van der Waals surface area contributed by atoms with E-state index in [2.05, 4.69) is 15.4 Å². The van der Waals surface area contributed by atoms with E-state index in [0.29, 0.717) is 6.54 Å². The quantitative estimate of drug-likeness (QED) is 0.822. The number of rotatable bonds is 6. The minimum atomic E-state index is -2.92. The number of ether oxygens (including phenoxy) is 1. The van der Waals surface area contributed by atoms with Crippen LogP contribution < -0.4 is 15.4 Å². The summed E-state index contributed by atoms with van der Waals surface area (Å²) in [6, 6.07) is 1.46. The molecule has 1 aromatic heterocycles. The molecule has 0 bridgehead atoms. The van der Waals surface area contributed by atoms with Crippen LogP contribution in [0.25, 0.3) is 0 Å². The number of halogens is 2. The van der Waals surface area contributed by atoms with Gasteiger partial charge in [-0.25, -0.2) is 0 Å². The van der Waals surface area contributed by atoms with Gasteiger partial charge in [0.05, 0.1) is 0 Å². The molecule has 7 heteroatoms. The molecule has 0 aliphatic rings. The molecule has 2 N–H and O–H groups in total. The fourth-order valence-electron chi connectivity index (χ4n) is 1.08. The van der Waals surface area contributed by atoms with Crippen LogP contribution in [-0.4, -0.2) is 32.2 Å². The molecule has 1 heterocycles. The van der Waals surface area contributed by atoms with Gasteiger partial charge in [0.25, 0.3) is 5.91 Å². The predicted molar refractivity (Wildman–Crippen MR) is 61.8 cm³/mol. The highest BCUT2D eigenvalue weighted by Gasteiger charge is 2.17. The summed E-state index contributed by atoms with van der Waals surface area (Å²) in [6.07, 6.45) is 0. The molecule has 1 unspecified atom stereocenters. The van der Waals surface area contributed by atoms with Crippen molar-refractivity contribution < 1.29 is 18.3 Å². The van der Waals surface area contributed by atoms with Crippen molar-refractivity contribution in [2.45, 2.75) is 19.6 Å². The summed E-state index contributed by atoms with van der Waals surface area (Å²) in [4.78, 5) is 11.8. The van der Waals surface area contributed by atoms with Crippen LogP contribution in [0.1, 0.15) is 16.6 Å². The molecule has 1 atom stereocenters. The summed E-state index contributed by atoms with van der Waals surface area (Å²) in [7, 11) is 1.77. The van der Waals surface area contributed by atoms with Crippen molar-refractivity contribution in [3.8, 4) is 5.75 Å². The highest BCUT2D eigenvalue weighted by molar-refractivity contribution is 7.12. The Balaban J connectivity index is 2.59. The van der Waals surface area contributed by atoms with Gasteiger partial charge in [0.2, 0.25) is 0 Å². The third-order valence-electron chi connectivity index (χ3n) is 2.11. The number of thiophene rings is 1. The molecule has 17 heavy (non-hydrogen) atoms. The summed E-state index contributed by atoms with van der Waals surface area (Å²) in [5.41, 5.74) is 0. The molecule has 1 aromatic rings. The minimum Gasteiger partial charge on any atom is -0.433 e. The second-order valence-electron chi connectivity index (χ2n) is 3.39. The zero-order valence-corrected chi connectivity index (χ0v) is 10.3. The lowest BCUT2D eigenvalue weighted by Crippen LogP contribution is -2.37. The van der Waals surface area contributed by atoms with Gasteiger partial charge in [0, 0.05) is 12.6 Å². The van der Waals surface area contributed by atoms with E-state index in [1.807, 2.05) is 6.92 Å². The SMILES string of the molecule is CNC(C)CNC(=O)c1sccc1OC(F)F. The zero-order chi connectivity index (χ0) is 12.8. The highest BCUT2D eigenvalue weighted by atomic mass is 32.1. The van der Waals surface area contributed by atoms with E-state index in [9.17, 15) is 13.6 Å². The van der Waals surface area contributed by atoms with Crippen molar-refractivity contribution in [1.29, 1.82) is 0 Å². The smallest absolute Gasteiger partial charge is 0.387 e. The predicted octanol–water partition coefficient (Wildman–Crippen LogP) is 1.69. The molecule has 0 saturated heterocycles. The Hall–Kier alpha value is -1.21. The molecule has 0 aliphatic carbocycles. The molecule has 96 valence electrons. The van der Waals surface area contributed by atoms with Crippen LogP contribution in [0.5, 0.6) is 5.75 Å². The fourth-order valence-corrected chi connectivity index (χ4v) is 1.82. The van der Waals surface area contributed by atoms with E-state index in [1.165, 1.54) is 11.4 Å². The second kappa shape index (κ2) is 6.51. The first-order valence-corrected chi connectivity index (χ1v) is 5.90. The number of amides is 1. The topological polar surface area (TPSA) is 50.4 Å². The summed E-state index contributed by atoms with van der Waals surface area (Å²) in [5.74, 6) is -0.489. The first kappa shape index (κ1) is 13.9. The van der Waals surface area contributed by atoms with Crippen LogP contribution >= 0.6 is 11.3 Å². The molecule has 0 fully saturated rings. The second-order valence-corrected chi connectivity index (χ2v) is 4.31. The lowest BCUT2D eigenvalue weighted by Gasteiger charge is -2.11. The Morgan fingerprint density at radius 2 is 2.29 bits per heavy atom. The van der Waals surface area contributed by atoms with Gasteiger partial charge in [-0.15, -0.1) is 11.3 Å². The molecule has 0 aromatic carbocycles. The molecule has 0 saturated carbocycles. The molecule has 0 spiro atoms. The maximum atomic E-state index is 12.1. The van der Waals surface area contributed by atoms with Gasteiger partial charge in [-0.1, -0.05) is 0 Å². The fraction of sp³-hybridized carbons (Fsp3) is 0.500. The van der Waals surface area contributed by atoms with Gasteiger partial charge in [0.15, 0.2) is 0 Å². The summed E-state index contributed by atoms with van der Waals surface area (Å²) >= 11 is 1.07. The minimum absolute atomic E-state index is 0.0837. The lowest BCUT2D eigenvalue weighted by molar-refractivity contribution is -0.0498. The number of hydrogen-bond acceptors (Lipinski definition) is 4. The number of nitrogens with one attached hydrogen (secondary N) is 2. The standard InChI is InChI=1S/C10H14F2N2O2S/c1-6(13-2)5-14-9(15)8-7(3-4-17-8)16-10(11)12/h3-4,6,10,13H,5H2,1-2H3,(H,14,15). The van der Waals surface area contributed by atoms with Crippen molar-refractivity contribution in [3.63, 3.8) is 0 Å². The largest absolute Gasteiger partial charge is 0.433 e. The zero-order valence-electron chi connectivity index (χ0n) is 9.50. The van der Waals surface area contributed by atoms with Crippen molar-refractivity contribution in [2.24, 2.45) is 0 Å². The van der Waals surface area contributed by atoms with E-state index < -0.39 is 12.5 Å². The molecule has 0 radical (unpaired) electrons. The van der Waals surface area contributed by atoms with E-state index >= 15 is 0 Å². The van der Waals surface area contributed by atoms with Gasteiger partial charge in [-0.3, -0.25) is 4.79 Å². The van der Waals surface area contributed by atoms with Crippen LogP contribution in [-0.2, 0) is 0 Å². The molecular formula is C10H14F2N2O2S. The van der Waals surface area contributed by atoms with E-state index in [-0.39, 0.29) is 16.7 Å². The Morgan fingerprint density at radius 3 is 2.88 bits per heavy atom. The molecular weight excluding hydrogens is 250 g/mol. The monoisotopic (exact) mass is 264 g/mol. The van der Waals surface area contributed by atoms with Crippen molar-refractivity contribution in [2.75, 3.05) is 13.6 Å². The van der Waals surface area contributed by atoms with E-state index in [0.717, 1.165) is 11.3 Å². The summed E-state index contributed by atoms with van der Waals surface area (Å²) < 4.78 is 28.3. The Kier molecular flexibility index (Phi) is 5.30. The normalized spacial score (nSPS) is 12.5. The number of carbonyl (C=O) groups excluding carboxylic acids is 1. The van der Waals surface area contributed by atoms with Crippen LogP contribution in [0, 0.1) is 0 Å². The molecule has 4 nitrogen and oxygen atoms in total. The molecule has 1 amide bonds. The number of alkyl halides is 2. The van der Waals surface area contributed by atoms with E-state index in [4.69, 9.17) is 0 Å². The average molecular weight is 264 g/mol. The Morgan fingerprint density at radius 1 is 1.59 bits per heavy atom. The lowest BCUT2D eigenvalue weighted by atomic mass is 10.3. The maximum absolute atomic E-state index is 12.1. The molecule has 1 rings (SSSR count). The number of carbonyl (C=O) groups is 1. The number of hydrogen-bond donors (Lipinski definition) is 2. The summed E-state index contributed by atoms with van der Waals surface area (Å²) in [6.45, 7) is -0.612. The van der Waals surface area contributed by atoms with Gasteiger partial charge in [-0.2, -0.15) is 8.78 Å². The number of likely N-dealkylation sites (N-methyl/N-ethyl adjacent to an activating group) is 1.